The first-order valence-electron chi connectivity index (χ1n) is 3.94. The Morgan fingerprint density at radius 3 is 2.86 bits per heavy atom. The van der Waals surface area contributed by atoms with Crippen LogP contribution in [0.5, 0.6) is 0 Å². The summed E-state index contributed by atoms with van der Waals surface area (Å²) in [6.45, 7) is 2.57. The molecule has 1 aliphatic heterocycles. The minimum atomic E-state index is 0.219. The lowest BCUT2D eigenvalue weighted by molar-refractivity contribution is 0.213. The lowest BCUT2D eigenvalue weighted by atomic mass is 10.3. The topological polar surface area (TPSA) is 22.1 Å². The molecule has 1 unspecified atom stereocenters. The molecule has 0 aliphatic carbocycles. The van der Waals surface area contributed by atoms with Gasteiger partial charge >= 0.3 is 0 Å². The fraction of sp³-hybridized carbons (Fsp3) is 0.375. The molecule has 2 heterocycles. The van der Waals surface area contributed by atoms with Gasteiger partial charge in [-0.2, -0.15) is 4.37 Å². The molecule has 1 aromatic heterocycles. The molecule has 14 heavy (non-hydrogen) atoms. The van der Waals surface area contributed by atoms with Crippen LogP contribution in [0.4, 0.5) is 0 Å². The van der Waals surface area contributed by atoms with Gasteiger partial charge in [0.15, 0.2) is 5.15 Å². The fourth-order valence-electron chi connectivity index (χ4n) is 1.07. The van der Waals surface area contributed by atoms with E-state index in [0.29, 0.717) is 16.8 Å². The maximum atomic E-state index is 6.00. The number of aromatic nitrogens is 1. The molecular formula is C8H7Cl2NOS2. The second kappa shape index (κ2) is 4.31. The van der Waals surface area contributed by atoms with E-state index in [1.54, 1.807) is 11.8 Å². The molecule has 2 rings (SSSR count). The smallest absolute Gasteiger partial charge is 0.161 e. The highest BCUT2D eigenvalue weighted by molar-refractivity contribution is 8.02. The van der Waals surface area contributed by atoms with E-state index in [0.717, 1.165) is 10.6 Å². The molecule has 2 nitrogen and oxygen atoms in total. The summed E-state index contributed by atoms with van der Waals surface area (Å²) in [5.41, 5.74) is 0. The zero-order valence-corrected chi connectivity index (χ0v) is 10.4. The van der Waals surface area contributed by atoms with Gasteiger partial charge in [-0.05, 0) is 18.5 Å². The molecule has 0 radical (unpaired) electrons. The van der Waals surface area contributed by atoms with Gasteiger partial charge in [-0.1, -0.05) is 23.2 Å². The minimum Gasteiger partial charge on any atom is -0.496 e. The van der Waals surface area contributed by atoms with Gasteiger partial charge in [0.2, 0.25) is 0 Å². The first-order chi connectivity index (χ1) is 6.68. The number of thioether (sulfide) groups is 1. The van der Waals surface area contributed by atoms with Gasteiger partial charge in [-0.3, -0.25) is 0 Å². The van der Waals surface area contributed by atoms with Crippen molar-refractivity contribution in [2.45, 2.75) is 12.2 Å². The number of allylic oxidation sites excluding steroid dienone is 1. The van der Waals surface area contributed by atoms with E-state index in [2.05, 4.69) is 4.37 Å². The predicted molar refractivity (Wildman–Crippen MR) is 62.2 cm³/mol. The van der Waals surface area contributed by atoms with Crippen LogP contribution in [-0.4, -0.2) is 11.0 Å². The Labute approximate surface area is 100 Å². The van der Waals surface area contributed by atoms with Crippen LogP contribution in [0.15, 0.2) is 11.2 Å². The van der Waals surface area contributed by atoms with Crippen LogP contribution in [0.2, 0.25) is 10.2 Å². The van der Waals surface area contributed by atoms with Crippen molar-refractivity contribution in [3.8, 4) is 0 Å². The van der Waals surface area contributed by atoms with Crippen LogP contribution in [0, 0.1) is 0 Å². The molecule has 0 aromatic carbocycles. The molecule has 1 aromatic rings. The second-order valence-electron chi connectivity index (χ2n) is 2.82. The van der Waals surface area contributed by atoms with Crippen LogP contribution < -0.4 is 0 Å². The first kappa shape index (κ1) is 10.6. The number of ether oxygens (including phenoxy) is 1. The van der Waals surface area contributed by atoms with E-state index in [1.807, 2.05) is 12.3 Å². The molecule has 0 saturated carbocycles. The average molecular weight is 268 g/mol. The third kappa shape index (κ3) is 2.03. The van der Waals surface area contributed by atoms with Gasteiger partial charge in [-0.15, -0.1) is 11.8 Å². The largest absolute Gasteiger partial charge is 0.496 e. The summed E-state index contributed by atoms with van der Waals surface area (Å²) in [6, 6.07) is 0. The summed E-state index contributed by atoms with van der Waals surface area (Å²) in [6.07, 6.45) is 0. The second-order valence-corrected chi connectivity index (χ2v) is 5.43. The van der Waals surface area contributed by atoms with Crippen LogP contribution in [-0.2, 0) is 4.74 Å². The van der Waals surface area contributed by atoms with E-state index in [4.69, 9.17) is 27.9 Å². The highest BCUT2D eigenvalue weighted by Crippen LogP contribution is 2.42. The standard InChI is InChI=1S/C8H7Cl2NOS2/c1-4-3-13-5(2-12-4)7-6(9)8(10)11-14-7/h3,5H,2H2,1H3. The molecule has 0 bridgehead atoms. The summed E-state index contributed by atoms with van der Waals surface area (Å²) >= 11 is 14.8. The van der Waals surface area contributed by atoms with Crippen molar-refractivity contribution in [3.63, 3.8) is 0 Å². The van der Waals surface area contributed by atoms with Crippen molar-refractivity contribution in [3.05, 3.63) is 26.2 Å². The highest BCUT2D eigenvalue weighted by Gasteiger charge is 2.23. The molecule has 76 valence electrons. The SMILES string of the molecule is CC1=CSC(c2snc(Cl)c2Cl)CO1. The van der Waals surface area contributed by atoms with Crippen molar-refractivity contribution in [1.82, 2.24) is 4.37 Å². The molecule has 0 amide bonds. The maximum absolute atomic E-state index is 6.00. The molecule has 1 atom stereocenters. The third-order valence-corrected chi connectivity index (χ3v) is 5.02. The van der Waals surface area contributed by atoms with Gasteiger partial charge in [-0.25, -0.2) is 0 Å². The molecule has 0 saturated heterocycles. The number of halogens is 2. The Morgan fingerprint density at radius 2 is 2.36 bits per heavy atom. The van der Waals surface area contributed by atoms with E-state index < -0.39 is 0 Å². The molecule has 0 spiro atoms. The predicted octanol–water partition coefficient (Wildman–Crippen LogP) is 4.12. The lowest BCUT2D eigenvalue weighted by Gasteiger charge is -2.19. The Balaban J connectivity index is 2.21. The number of rotatable bonds is 1. The molecule has 0 fully saturated rings. The van der Waals surface area contributed by atoms with Crippen LogP contribution in [0.25, 0.3) is 0 Å². The van der Waals surface area contributed by atoms with Crippen LogP contribution >= 0.6 is 46.5 Å². The normalized spacial score (nSPS) is 21.6. The quantitative estimate of drug-likeness (QED) is 0.765. The van der Waals surface area contributed by atoms with E-state index >= 15 is 0 Å². The Bertz CT molecular complexity index is 377. The molecular weight excluding hydrogens is 261 g/mol. The summed E-state index contributed by atoms with van der Waals surface area (Å²) in [4.78, 5) is 0.991. The van der Waals surface area contributed by atoms with Gasteiger partial charge in [0.1, 0.15) is 6.61 Å². The summed E-state index contributed by atoms with van der Waals surface area (Å²) < 4.78 is 9.42. The van der Waals surface area contributed by atoms with Gasteiger partial charge in [0.25, 0.3) is 0 Å². The van der Waals surface area contributed by atoms with Crippen LogP contribution in [0.3, 0.4) is 0 Å². The van der Waals surface area contributed by atoms with Crippen molar-refractivity contribution in [2.75, 3.05) is 6.61 Å². The van der Waals surface area contributed by atoms with Crippen LogP contribution in [0.1, 0.15) is 17.1 Å². The minimum absolute atomic E-state index is 0.219. The monoisotopic (exact) mass is 267 g/mol. The number of hydrogen-bond acceptors (Lipinski definition) is 4. The Kier molecular flexibility index (Phi) is 3.27. The number of nitrogens with zero attached hydrogens (tertiary/aromatic N) is 1. The Morgan fingerprint density at radius 1 is 1.57 bits per heavy atom. The van der Waals surface area contributed by atoms with E-state index in [9.17, 15) is 0 Å². The molecule has 1 aliphatic rings. The summed E-state index contributed by atoms with van der Waals surface area (Å²) in [7, 11) is 0. The number of hydrogen-bond donors (Lipinski definition) is 0. The zero-order chi connectivity index (χ0) is 10.1. The molecule has 0 N–H and O–H groups in total. The average Bonchev–Trinajstić information content (AvgIpc) is 2.50. The van der Waals surface area contributed by atoms with Crippen molar-refractivity contribution >= 4 is 46.5 Å². The van der Waals surface area contributed by atoms with Gasteiger partial charge < -0.3 is 4.74 Å². The zero-order valence-electron chi connectivity index (χ0n) is 7.29. The van der Waals surface area contributed by atoms with Gasteiger partial charge in [0.05, 0.1) is 20.9 Å². The maximum Gasteiger partial charge on any atom is 0.161 e. The van der Waals surface area contributed by atoms with E-state index in [-0.39, 0.29) is 5.25 Å². The Hall–Kier alpha value is 0.1000. The third-order valence-electron chi connectivity index (χ3n) is 1.77. The lowest BCUT2D eigenvalue weighted by Crippen LogP contribution is -2.06. The van der Waals surface area contributed by atoms with Crippen molar-refractivity contribution < 1.29 is 4.74 Å². The fourth-order valence-corrected chi connectivity index (χ4v) is 3.46. The van der Waals surface area contributed by atoms with E-state index in [1.165, 1.54) is 11.5 Å². The summed E-state index contributed by atoms with van der Waals surface area (Å²) in [5, 5.41) is 3.15. The van der Waals surface area contributed by atoms with Gasteiger partial charge in [0, 0.05) is 5.41 Å². The van der Waals surface area contributed by atoms with Crippen molar-refractivity contribution in [2.24, 2.45) is 0 Å². The summed E-state index contributed by atoms with van der Waals surface area (Å²) in [5.74, 6) is 0.943. The first-order valence-corrected chi connectivity index (χ1v) is 6.41. The van der Waals surface area contributed by atoms with Crippen molar-refractivity contribution in [1.29, 1.82) is 0 Å². The highest BCUT2D eigenvalue weighted by atomic mass is 35.5. The molecule has 6 heteroatoms.